The van der Waals surface area contributed by atoms with Gasteiger partial charge in [0.2, 0.25) is 0 Å². The Labute approximate surface area is 169 Å². The molecule has 4 rings (SSSR count). The van der Waals surface area contributed by atoms with Crippen molar-refractivity contribution >= 4 is 16.6 Å². The standard InChI is InChI=1S/C22H26FN5O/c1-15(23)13-28-7-5-16(6-8-28)22(29)11-20-10-19-9-17(3-4-18(19)12-24-20)21-14-27(2)26-25-21/h3-4,9-10,12,14-16H,5-8,11,13H2,1-2H3/t15-/m0/s1. The lowest BCUT2D eigenvalue weighted by molar-refractivity contribution is -0.123. The topological polar surface area (TPSA) is 63.9 Å². The van der Waals surface area contributed by atoms with Crippen LogP contribution in [-0.4, -0.2) is 56.5 Å². The van der Waals surface area contributed by atoms with Crippen molar-refractivity contribution in [2.75, 3.05) is 19.6 Å². The fraction of sp³-hybridized carbons (Fsp3) is 0.455. The lowest BCUT2D eigenvalue weighted by atomic mass is 9.90. The molecule has 1 aromatic carbocycles. The smallest absolute Gasteiger partial charge is 0.142 e. The van der Waals surface area contributed by atoms with Crippen LogP contribution < -0.4 is 0 Å². The summed E-state index contributed by atoms with van der Waals surface area (Å²) in [6.45, 7) is 3.62. The van der Waals surface area contributed by atoms with Gasteiger partial charge in [0.25, 0.3) is 0 Å². The number of aromatic nitrogens is 4. The van der Waals surface area contributed by atoms with Gasteiger partial charge in [0.15, 0.2) is 0 Å². The number of aryl methyl sites for hydroxylation is 1. The van der Waals surface area contributed by atoms with Gasteiger partial charge < -0.3 is 4.90 Å². The third kappa shape index (κ3) is 4.67. The number of hydrogen-bond acceptors (Lipinski definition) is 5. The molecule has 3 aromatic rings. The van der Waals surface area contributed by atoms with Gasteiger partial charge in [0.1, 0.15) is 17.6 Å². The van der Waals surface area contributed by atoms with Gasteiger partial charge in [0, 0.05) is 48.8 Å². The molecular weight excluding hydrogens is 369 g/mol. The molecule has 0 radical (unpaired) electrons. The second-order valence-corrected chi connectivity index (χ2v) is 8.01. The Hall–Kier alpha value is -2.67. The number of Topliss-reactive ketones (excluding diaryl/α,β-unsaturated/α-hetero) is 1. The Bertz CT molecular complexity index is 1010. The number of carbonyl (C=O) groups excluding carboxylic acids is 1. The third-order valence-corrected chi connectivity index (χ3v) is 5.58. The Balaban J connectivity index is 1.44. The molecule has 152 valence electrons. The van der Waals surface area contributed by atoms with Gasteiger partial charge >= 0.3 is 0 Å². The van der Waals surface area contributed by atoms with E-state index in [1.807, 2.05) is 37.6 Å². The molecule has 0 spiro atoms. The van der Waals surface area contributed by atoms with E-state index in [9.17, 15) is 9.18 Å². The minimum Gasteiger partial charge on any atom is -0.300 e. The number of halogens is 1. The maximum absolute atomic E-state index is 13.2. The average molecular weight is 395 g/mol. The van der Waals surface area contributed by atoms with E-state index in [0.717, 1.165) is 53.7 Å². The summed E-state index contributed by atoms with van der Waals surface area (Å²) in [5.74, 6) is 0.277. The SMILES string of the molecule is C[C@H](F)CN1CCC(C(=O)Cc2cc3cc(-c4cn(C)nn4)ccc3cn2)CC1. The predicted octanol–water partition coefficient (Wildman–Crippen LogP) is 3.21. The molecule has 0 unspecified atom stereocenters. The molecule has 0 aliphatic carbocycles. The molecule has 0 N–H and O–H groups in total. The number of benzene rings is 1. The van der Waals surface area contributed by atoms with Crippen LogP contribution in [-0.2, 0) is 18.3 Å². The van der Waals surface area contributed by atoms with E-state index >= 15 is 0 Å². The molecule has 1 aliphatic heterocycles. The Morgan fingerprint density at radius 3 is 2.72 bits per heavy atom. The first kappa shape index (κ1) is 19.6. The maximum Gasteiger partial charge on any atom is 0.142 e. The summed E-state index contributed by atoms with van der Waals surface area (Å²) in [7, 11) is 1.84. The van der Waals surface area contributed by atoms with Crippen LogP contribution in [0.3, 0.4) is 0 Å². The zero-order chi connectivity index (χ0) is 20.4. The van der Waals surface area contributed by atoms with Crippen LogP contribution in [0, 0.1) is 5.92 Å². The summed E-state index contributed by atoms with van der Waals surface area (Å²) in [5, 5.41) is 10.2. The number of ketones is 1. The predicted molar refractivity (Wildman–Crippen MR) is 110 cm³/mol. The molecule has 29 heavy (non-hydrogen) atoms. The van der Waals surface area contributed by atoms with Crippen molar-refractivity contribution in [3.05, 3.63) is 42.4 Å². The van der Waals surface area contributed by atoms with E-state index in [1.165, 1.54) is 0 Å². The molecule has 0 saturated carbocycles. The highest BCUT2D eigenvalue weighted by Crippen LogP contribution is 2.24. The van der Waals surface area contributed by atoms with Crippen LogP contribution in [0.4, 0.5) is 4.39 Å². The number of carbonyl (C=O) groups is 1. The number of likely N-dealkylation sites (tertiary alicyclic amines) is 1. The quantitative estimate of drug-likeness (QED) is 0.641. The number of hydrogen-bond donors (Lipinski definition) is 0. The van der Waals surface area contributed by atoms with Crippen molar-refractivity contribution in [2.45, 2.75) is 32.4 Å². The summed E-state index contributed by atoms with van der Waals surface area (Å²) in [5.41, 5.74) is 2.60. The second kappa shape index (κ2) is 8.37. The molecule has 3 heterocycles. The lowest BCUT2D eigenvalue weighted by Crippen LogP contribution is -2.39. The molecule has 0 bridgehead atoms. The minimum atomic E-state index is -0.823. The Morgan fingerprint density at radius 2 is 2.03 bits per heavy atom. The molecule has 1 atom stereocenters. The molecule has 6 nitrogen and oxygen atoms in total. The van der Waals surface area contributed by atoms with E-state index < -0.39 is 6.17 Å². The van der Waals surface area contributed by atoms with Gasteiger partial charge in [-0.25, -0.2) is 4.39 Å². The largest absolute Gasteiger partial charge is 0.300 e. The lowest BCUT2D eigenvalue weighted by Gasteiger charge is -2.31. The molecule has 1 saturated heterocycles. The fourth-order valence-corrected chi connectivity index (χ4v) is 4.04. The van der Waals surface area contributed by atoms with Crippen LogP contribution in [0.2, 0.25) is 0 Å². The van der Waals surface area contributed by atoms with Gasteiger partial charge in [-0.15, -0.1) is 5.10 Å². The van der Waals surface area contributed by atoms with Gasteiger partial charge in [-0.05, 0) is 50.4 Å². The van der Waals surface area contributed by atoms with Crippen LogP contribution >= 0.6 is 0 Å². The van der Waals surface area contributed by atoms with E-state index in [4.69, 9.17) is 0 Å². The van der Waals surface area contributed by atoms with Gasteiger partial charge in [-0.3, -0.25) is 14.5 Å². The fourth-order valence-electron chi connectivity index (χ4n) is 4.04. The molecule has 1 fully saturated rings. The summed E-state index contributed by atoms with van der Waals surface area (Å²) in [4.78, 5) is 19.4. The number of nitrogens with zero attached hydrogens (tertiary/aromatic N) is 5. The Morgan fingerprint density at radius 1 is 1.24 bits per heavy atom. The maximum atomic E-state index is 13.2. The molecule has 0 amide bonds. The first-order chi connectivity index (χ1) is 14.0. The van der Waals surface area contributed by atoms with E-state index in [2.05, 4.69) is 26.3 Å². The van der Waals surface area contributed by atoms with Crippen LogP contribution in [0.1, 0.15) is 25.5 Å². The van der Waals surface area contributed by atoms with Crippen molar-refractivity contribution in [2.24, 2.45) is 13.0 Å². The molecule has 7 heteroatoms. The zero-order valence-corrected chi connectivity index (χ0v) is 16.9. The van der Waals surface area contributed by atoms with Gasteiger partial charge in [-0.2, -0.15) is 0 Å². The number of fused-ring (bicyclic) bond motifs is 1. The normalized spacial score (nSPS) is 16.9. The molecule has 1 aliphatic rings. The van der Waals surface area contributed by atoms with Crippen LogP contribution in [0.15, 0.2) is 36.7 Å². The van der Waals surface area contributed by atoms with Crippen molar-refractivity contribution < 1.29 is 9.18 Å². The minimum absolute atomic E-state index is 0.0459. The summed E-state index contributed by atoms with van der Waals surface area (Å²) < 4.78 is 14.8. The average Bonchev–Trinajstić information content (AvgIpc) is 3.14. The highest BCUT2D eigenvalue weighted by molar-refractivity contribution is 5.88. The zero-order valence-electron chi connectivity index (χ0n) is 16.9. The van der Waals surface area contributed by atoms with Gasteiger partial charge in [0.05, 0.1) is 6.20 Å². The molecule has 2 aromatic heterocycles. The van der Waals surface area contributed by atoms with Gasteiger partial charge in [-0.1, -0.05) is 17.3 Å². The van der Waals surface area contributed by atoms with Crippen molar-refractivity contribution in [1.82, 2.24) is 24.9 Å². The van der Waals surface area contributed by atoms with Crippen molar-refractivity contribution in [3.63, 3.8) is 0 Å². The monoisotopic (exact) mass is 395 g/mol. The first-order valence-corrected chi connectivity index (χ1v) is 10.1. The van der Waals surface area contributed by atoms with Crippen molar-refractivity contribution in [1.29, 1.82) is 0 Å². The highest BCUT2D eigenvalue weighted by Gasteiger charge is 2.25. The highest BCUT2D eigenvalue weighted by atomic mass is 19.1. The van der Waals surface area contributed by atoms with Crippen molar-refractivity contribution in [3.8, 4) is 11.3 Å². The summed E-state index contributed by atoms with van der Waals surface area (Å²) in [6.07, 6.45) is 4.82. The molecular formula is C22H26FN5O. The van der Waals surface area contributed by atoms with E-state index in [-0.39, 0.29) is 11.7 Å². The summed E-state index contributed by atoms with van der Waals surface area (Å²) in [6, 6.07) is 8.07. The Kier molecular flexibility index (Phi) is 5.67. The summed E-state index contributed by atoms with van der Waals surface area (Å²) >= 11 is 0. The number of rotatable bonds is 6. The number of alkyl halides is 1. The van der Waals surface area contributed by atoms with E-state index in [0.29, 0.717) is 13.0 Å². The van der Waals surface area contributed by atoms with Crippen LogP contribution in [0.25, 0.3) is 22.0 Å². The second-order valence-electron chi connectivity index (χ2n) is 8.01. The van der Waals surface area contributed by atoms with Crippen LogP contribution in [0.5, 0.6) is 0 Å². The first-order valence-electron chi connectivity index (χ1n) is 10.1. The van der Waals surface area contributed by atoms with E-state index in [1.54, 1.807) is 11.6 Å². The third-order valence-electron chi connectivity index (χ3n) is 5.58. The number of piperidine rings is 1. The number of pyridine rings is 1.